The van der Waals surface area contributed by atoms with Crippen molar-refractivity contribution in [3.63, 3.8) is 0 Å². The van der Waals surface area contributed by atoms with Gasteiger partial charge in [0.2, 0.25) is 5.95 Å². The number of hydrogen-bond acceptors (Lipinski definition) is 3. The Kier molecular flexibility index (Phi) is 5.20. The summed E-state index contributed by atoms with van der Waals surface area (Å²) in [7, 11) is 0. The van der Waals surface area contributed by atoms with Gasteiger partial charge in [-0.2, -0.15) is 0 Å². The van der Waals surface area contributed by atoms with Gasteiger partial charge >= 0.3 is 0 Å². The zero-order valence-corrected chi connectivity index (χ0v) is 25.5. The molecule has 0 bridgehead atoms. The van der Waals surface area contributed by atoms with Gasteiger partial charge in [0.25, 0.3) is 0 Å². The molecule has 0 fully saturated rings. The fourth-order valence-corrected chi connectivity index (χ4v) is 9.01. The molecule has 0 aliphatic heterocycles. The average molecular weight is 594 g/mol. The van der Waals surface area contributed by atoms with E-state index in [1.807, 2.05) is 23.6 Å². The van der Waals surface area contributed by atoms with Crippen LogP contribution in [-0.4, -0.2) is 14.5 Å². The van der Waals surface area contributed by atoms with Crippen LogP contribution in [0.15, 0.2) is 121 Å². The van der Waals surface area contributed by atoms with Crippen molar-refractivity contribution in [2.75, 3.05) is 0 Å². The minimum atomic E-state index is 0.574. The summed E-state index contributed by atoms with van der Waals surface area (Å²) in [6, 6.07) is 39.5. The van der Waals surface area contributed by atoms with Crippen molar-refractivity contribution in [2.45, 2.75) is 13.3 Å². The molecule has 1 unspecified atom stereocenters. The third kappa shape index (κ3) is 3.57. The van der Waals surface area contributed by atoms with Crippen LogP contribution < -0.4 is 0 Å². The minimum Gasteiger partial charge on any atom is -0.278 e. The highest BCUT2D eigenvalue weighted by molar-refractivity contribution is 7.20. The number of rotatable bonds is 2. The SMILES string of the molecule is CC1C=Cc2c(sc3c2ccc2c3c3ccccc3n2-c2nccc(-c3ccc4c5ccccc5c5ccccc5c4c3)n2)C1. The summed E-state index contributed by atoms with van der Waals surface area (Å²) in [6.45, 7) is 2.30. The maximum atomic E-state index is 5.23. The maximum absolute atomic E-state index is 5.23. The molecule has 3 aromatic heterocycles. The van der Waals surface area contributed by atoms with Gasteiger partial charge < -0.3 is 0 Å². The molecule has 0 saturated heterocycles. The van der Waals surface area contributed by atoms with E-state index in [9.17, 15) is 0 Å². The predicted octanol–water partition coefficient (Wildman–Crippen LogP) is 11.1. The van der Waals surface area contributed by atoms with E-state index in [-0.39, 0.29) is 0 Å². The van der Waals surface area contributed by atoms with Gasteiger partial charge in [-0.3, -0.25) is 4.57 Å². The third-order valence-electron chi connectivity index (χ3n) is 9.59. The summed E-state index contributed by atoms with van der Waals surface area (Å²) in [4.78, 5) is 11.6. The standard InChI is InChI=1S/C41H27N3S/c1-24-14-16-31-32-18-19-37-39(40(32)45-38(31)22-24)33-12-6-7-13-36(33)44(37)41-42-21-20-35(43-41)25-15-17-30-28-10-3-2-8-26(28)27-9-4-5-11-29(27)34(30)23-25/h2-21,23-24H,22H2,1H3. The van der Waals surface area contributed by atoms with Crippen LogP contribution in [0, 0.1) is 5.92 Å². The first-order valence-electron chi connectivity index (χ1n) is 15.6. The Morgan fingerprint density at radius 2 is 1.33 bits per heavy atom. The lowest BCUT2D eigenvalue weighted by Gasteiger charge is -2.12. The van der Waals surface area contributed by atoms with Crippen molar-refractivity contribution in [3.8, 4) is 17.2 Å². The second-order valence-electron chi connectivity index (χ2n) is 12.3. The van der Waals surface area contributed by atoms with Crippen LogP contribution >= 0.6 is 11.3 Å². The topological polar surface area (TPSA) is 30.7 Å². The molecule has 1 aliphatic rings. The highest BCUT2D eigenvalue weighted by atomic mass is 32.1. The van der Waals surface area contributed by atoms with Crippen LogP contribution in [0.1, 0.15) is 17.4 Å². The van der Waals surface area contributed by atoms with E-state index >= 15 is 0 Å². The number of nitrogens with zero attached hydrogens (tertiary/aromatic N) is 3. The fourth-order valence-electron chi connectivity index (χ4n) is 7.53. The van der Waals surface area contributed by atoms with E-state index in [0.29, 0.717) is 11.9 Å². The first kappa shape index (κ1) is 25.1. The van der Waals surface area contributed by atoms with Crippen LogP contribution in [0.5, 0.6) is 0 Å². The Morgan fingerprint density at radius 1 is 0.667 bits per heavy atom. The quantitative estimate of drug-likeness (QED) is 0.187. The van der Waals surface area contributed by atoms with E-state index in [1.54, 1.807) is 0 Å². The Labute approximate surface area is 263 Å². The van der Waals surface area contributed by atoms with E-state index in [2.05, 4.69) is 127 Å². The second kappa shape index (κ2) is 9.34. The first-order chi connectivity index (χ1) is 22.2. The Bertz CT molecular complexity index is 2670. The zero-order valence-electron chi connectivity index (χ0n) is 24.7. The predicted molar refractivity (Wildman–Crippen MR) is 192 cm³/mol. The van der Waals surface area contributed by atoms with Crippen LogP contribution in [0.4, 0.5) is 0 Å². The molecule has 9 aromatic rings. The molecule has 10 rings (SSSR count). The van der Waals surface area contributed by atoms with E-state index in [0.717, 1.165) is 28.7 Å². The molecule has 6 aromatic carbocycles. The molecule has 1 atom stereocenters. The second-order valence-corrected chi connectivity index (χ2v) is 13.4. The Balaban J connectivity index is 1.20. The van der Waals surface area contributed by atoms with Crippen LogP contribution in [-0.2, 0) is 6.42 Å². The highest BCUT2D eigenvalue weighted by Gasteiger charge is 2.22. The third-order valence-corrected chi connectivity index (χ3v) is 10.8. The lowest BCUT2D eigenvalue weighted by atomic mass is 9.93. The number of hydrogen-bond donors (Lipinski definition) is 0. The maximum Gasteiger partial charge on any atom is 0.235 e. The number of thiophene rings is 1. The molecule has 212 valence electrons. The highest BCUT2D eigenvalue weighted by Crippen LogP contribution is 2.44. The van der Waals surface area contributed by atoms with Gasteiger partial charge in [-0.1, -0.05) is 104 Å². The normalized spacial score (nSPS) is 14.8. The molecule has 0 saturated carbocycles. The summed E-state index contributed by atoms with van der Waals surface area (Å²) in [5, 5.41) is 11.5. The van der Waals surface area contributed by atoms with Crippen LogP contribution in [0.2, 0.25) is 0 Å². The monoisotopic (exact) mass is 593 g/mol. The fraction of sp³-hybridized carbons (Fsp3) is 0.0732. The summed E-state index contributed by atoms with van der Waals surface area (Å²) >= 11 is 1.95. The van der Waals surface area contributed by atoms with Gasteiger partial charge in [0, 0.05) is 37.5 Å². The molecule has 3 nitrogen and oxygen atoms in total. The van der Waals surface area contributed by atoms with E-state index in [4.69, 9.17) is 9.97 Å². The Hall–Kier alpha value is -5.32. The van der Waals surface area contributed by atoms with E-state index in [1.165, 1.54) is 63.6 Å². The van der Waals surface area contributed by atoms with Crippen molar-refractivity contribution < 1.29 is 0 Å². The molecule has 45 heavy (non-hydrogen) atoms. The van der Waals surface area contributed by atoms with Gasteiger partial charge in [-0.15, -0.1) is 11.3 Å². The smallest absolute Gasteiger partial charge is 0.235 e. The van der Waals surface area contributed by atoms with Gasteiger partial charge in [0.1, 0.15) is 0 Å². The molecule has 3 heterocycles. The number of aromatic nitrogens is 3. The van der Waals surface area contributed by atoms with Crippen molar-refractivity contribution in [3.05, 3.63) is 132 Å². The largest absolute Gasteiger partial charge is 0.278 e. The van der Waals surface area contributed by atoms with Crippen molar-refractivity contribution >= 4 is 81.6 Å². The molecule has 0 N–H and O–H groups in total. The number of fused-ring (bicyclic) bond motifs is 13. The first-order valence-corrected chi connectivity index (χ1v) is 16.4. The Morgan fingerprint density at radius 3 is 2.11 bits per heavy atom. The average Bonchev–Trinajstić information content (AvgIpc) is 3.63. The van der Waals surface area contributed by atoms with E-state index < -0.39 is 0 Å². The summed E-state index contributed by atoms with van der Waals surface area (Å²) in [5.41, 5.74) is 5.66. The van der Waals surface area contributed by atoms with Crippen LogP contribution in [0.25, 0.3) is 87.5 Å². The molecule has 4 heteroatoms. The number of benzene rings is 6. The van der Waals surface area contributed by atoms with Gasteiger partial charge in [-0.05, 0) is 74.5 Å². The van der Waals surface area contributed by atoms with Gasteiger partial charge in [0.15, 0.2) is 0 Å². The molecular formula is C41H27N3S. The molecular weight excluding hydrogens is 567 g/mol. The molecule has 1 aliphatic carbocycles. The summed E-state index contributed by atoms with van der Waals surface area (Å²) in [5.74, 6) is 1.27. The molecule has 0 radical (unpaired) electrons. The van der Waals surface area contributed by atoms with Crippen LogP contribution in [0.3, 0.4) is 0 Å². The summed E-state index contributed by atoms with van der Waals surface area (Å²) < 4.78 is 3.60. The lowest BCUT2D eigenvalue weighted by molar-refractivity contribution is 0.728. The number of para-hydroxylation sites is 1. The number of allylic oxidation sites excluding steroid dienone is 1. The van der Waals surface area contributed by atoms with Crippen molar-refractivity contribution in [1.82, 2.24) is 14.5 Å². The van der Waals surface area contributed by atoms with Crippen molar-refractivity contribution in [1.29, 1.82) is 0 Å². The lowest BCUT2D eigenvalue weighted by Crippen LogP contribution is -2.01. The summed E-state index contributed by atoms with van der Waals surface area (Å²) in [6.07, 6.45) is 7.68. The van der Waals surface area contributed by atoms with Gasteiger partial charge in [0.05, 0.1) is 16.7 Å². The molecule has 0 amide bonds. The zero-order chi connectivity index (χ0) is 29.6. The van der Waals surface area contributed by atoms with Gasteiger partial charge in [-0.25, -0.2) is 9.97 Å². The van der Waals surface area contributed by atoms with Crippen molar-refractivity contribution in [2.24, 2.45) is 5.92 Å². The molecule has 0 spiro atoms. The minimum absolute atomic E-state index is 0.574.